The number of methoxy groups -OCH3 is 2. The zero-order valence-electron chi connectivity index (χ0n) is 16.1. The van der Waals surface area contributed by atoms with E-state index in [0.29, 0.717) is 33.6 Å². The van der Waals surface area contributed by atoms with E-state index in [0.717, 1.165) is 5.56 Å². The van der Waals surface area contributed by atoms with Crippen molar-refractivity contribution in [3.63, 3.8) is 0 Å². The molecule has 0 radical (unpaired) electrons. The van der Waals surface area contributed by atoms with Crippen molar-refractivity contribution in [2.24, 2.45) is 0 Å². The Morgan fingerprint density at radius 3 is 2.41 bits per heavy atom. The van der Waals surface area contributed by atoms with E-state index in [9.17, 15) is 9.59 Å². The predicted octanol–water partition coefficient (Wildman–Crippen LogP) is 3.83. The van der Waals surface area contributed by atoms with Gasteiger partial charge in [-0.25, -0.2) is 9.78 Å². The van der Waals surface area contributed by atoms with Crippen molar-refractivity contribution >= 4 is 34.1 Å². The van der Waals surface area contributed by atoms with Crippen LogP contribution < -0.4 is 25.4 Å². The fourth-order valence-electron chi connectivity index (χ4n) is 2.53. The van der Waals surface area contributed by atoms with Crippen LogP contribution in [0.3, 0.4) is 0 Å². The monoisotopic (exact) mass is 412 g/mol. The summed E-state index contributed by atoms with van der Waals surface area (Å²) in [5, 5.41) is 10.2. The number of nitrogens with one attached hydrogen (secondary N) is 3. The van der Waals surface area contributed by atoms with Crippen molar-refractivity contribution < 1.29 is 19.1 Å². The lowest BCUT2D eigenvalue weighted by atomic mass is 10.1. The number of urea groups is 1. The number of carbonyl (C=O) groups is 2. The van der Waals surface area contributed by atoms with Gasteiger partial charge in [0.05, 0.1) is 19.9 Å². The third-order valence-corrected chi connectivity index (χ3v) is 4.80. The van der Waals surface area contributed by atoms with Crippen molar-refractivity contribution in [2.75, 3.05) is 31.9 Å². The second kappa shape index (κ2) is 9.07. The fourth-order valence-corrected chi connectivity index (χ4v) is 3.24. The van der Waals surface area contributed by atoms with Crippen LogP contribution in [0.1, 0.15) is 10.4 Å². The van der Waals surface area contributed by atoms with Gasteiger partial charge in [0.2, 0.25) is 0 Å². The summed E-state index contributed by atoms with van der Waals surface area (Å²) in [4.78, 5) is 28.3. The minimum absolute atomic E-state index is 0.293. The molecule has 0 bridgehead atoms. The highest BCUT2D eigenvalue weighted by molar-refractivity contribution is 7.14. The molecule has 3 N–H and O–H groups in total. The first-order valence-electron chi connectivity index (χ1n) is 8.62. The molecule has 3 aromatic rings. The van der Waals surface area contributed by atoms with Gasteiger partial charge in [-0.15, -0.1) is 11.3 Å². The molecule has 0 spiro atoms. The number of rotatable bonds is 6. The molecule has 9 heteroatoms. The van der Waals surface area contributed by atoms with Gasteiger partial charge < -0.3 is 20.1 Å². The minimum Gasteiger partial charge on any atom is -0.497 e. The first kappa shape index (κ1) is 20.2. The van der Waals surface area contributed by atoms with Crippen molar-refractivity contribution in [3.05, 3.63) is 53.4 Å². The van der Waals surface area contributed by atoms with Crippen molar-refractivity contribution in [1.29, 1.82) is 0 Å². The van der Waals surface area contributed by atoms with Crippen LogP contribution in [-0.2, 0) is 0 Å². The quantitative estimate of drug-likeness (QED) is 0.571. The average molecular weight is 412 g/mol. The molecule has 0 aliphatic rings. The molecule has 29 heavy (non-hydrogen) atoms. The lowest BCUT2D eigenvalue weighted by Gasteiger charge is -2.08. The third-order valence-electron chi connectivity index (χ3n) is 4.04. The smallest absolute Gasteiger partial charge is 0.318 e. The second-order valence-corrected chi connectivity index (χ2v) is 6.70. The Kier molecular flexibility index (Phi) is 6.30. The number of anilines is 2. The molecule has 0 fully saturated rings. The number of carbonyl (C=O) groups excluding carboxylic acids is 2. The summed E-state index contributed by atoms with van der Waals surface area (Å²) in [6, 6.07) is 11.7. The van der Waals surface area contributed by atoms with E-state index in [1.165, 1.54) is 18.4 Å². The van der Waals surface area contributed by atoms with Gasteiger partial charge in [-0.2, -0.15) is 0 Å². The molecular formula is C20H20N4O4S. The summed E-state index contributed by atoms with van der Waals surface area (Å²) >= 11 is 1.32. The molecule has 2 aromatic carbocycles. The molecule has 0 aliphatic carbocycles. The Balaban J connectivity index is 1.71. The number of hydrogen-bond donors (Lipinski definition) is 3. The molecule has 1 heterocycles. The zero-order valence-corrected chi connectivity index (χ0v) is 16.9. The SMILES string of the molecule is CNC(=O)Nc1ccc(C(=O)Nc2nc(-c3ccc(OC)cc3OC)cs2)cc1. The summed E-state index contributed by atoms with van der Waals surface area (Å²) in [5.41, 5.74) is 2.53. The molecule has 1 aromatic heterocycles. The Bertz CT molecular complexity index is 1020. The minimum atomic E-state index is -0.327. The van der Waals surface area contributed by atoms with Gasteiger partial charge in [0.15, 0.2) is 5.13 Å². The summed E-state index contributed by atoms with van der Waals surface area (Å²) in [6.07, 6.45) is 0. The van der Waals surface area contributed by atoms with Crippen molar-refractivity contribution in [2.45, 2.75) is 0 Å². The standard InChI is InChI=1S/C20H20N4O4S/c1-21-19(26)22-13-6-4-12(5-7-13)18(25)24-20-23-16(11-29-20)15-9-8-14(27-2)10-17(15)28-3/h4-11H,1-3H3,(H2,21,22,26)(H,23,24,25). The number of thiazole rings is 1. The number of aromatic nitrogens is 1. The second-order valence-electron chi connectivity index (χ2n) is 5.84. The van der Waals surface area contributed by atoms with Crippen LogP contribution in [0.25, 0.3) is 11.3 Å². The third kappa shape index (κ3) is 4.82. The maximum Gasteiger partial charge on any atom is 0.318 e. The van der Waals surface area contributed by atoms with Crippen molar-refractivity contribution in [1.82, 2.24) is 10.3 Å². The van der Waals surface area contributed by atoms with Crippen LogP contribution in [0.4, 0.5) is 15.6 Å². The highest BCUT2D eigenvalue weighted by Crippen LogP contribution is 2.34. The highest BCUT2D eigenvalue weighted by Gasteiger charge is 2.14. The average Bonchev–Trinajstić information content (AvgIpc) is 3.21. The number of ether oxygens (including phenoxy) is 2. The Morgan fingerprint density at radius 2 is 1.76 bits per heavy atom. The van der Waals surface area contributed by atoms with Crippen LogP contribution in [0.15, 0.2) is 47.8 Å². The van der Waals surface area contributed by atoms with E-state index in [1.807, 2.05) is 17.5 Å². The molecule has 0 saturated heterocycles. The summed E-state index contributed by atoms with van der Waals surface area (Å²) in [5.74, 6) is 1.02. The van der Waals surface area contributed by atoms with E-state index < -0.39 is 0 Å². The van der Waals surface area contributed by atoms with Crippen LogP contribution in [0, 0.1) is 0 Å². The highest BCUT2D eigenvalue weighted by atomic mass is 32.1. The molecule has 3 rings (SSSR count). The maximum absolute atomic E-state index is 12.5. The summed E-state index contributed by atoms with van der Waals surface area (Å²) < 4.78 is 10.6. The van der Waals surface area contributed by atoms with Crippen molar-refractivity contribution in [3.8, 4) is 22.8 Å². The zero-order chi connectivity index (χ0) is 20.8. The lowest BCUT2D eigenvalue weighted by Crippen LogP contribution is -2.24. The maximum atomic E-state index is 12.5. The van der Waals surface area contributed by atoms with E-state index in [4.69, 9.17) is 9.47 Å². The lowest BCUT2D eigenvalue weighted by molar-refractivity contribution is 0.102. The largest absolute Gasteiger partial charge is 0.497 e. The molecule has 0 saturated carbocycles. The predicted molar refractivity (Wildman–Crippen MR) is 113 cm³/mol. The molecule has 3 amide bonds. The molecular weight excluding hydrogens is 392 g/mol. The van der Waals surface area contributed by atoms with Gasteiger partial charge in [-0.05, 0) is 36.4 Å². The van der Waals surface area contributed by atoms with Crippen LogP contribution in [-0.4, -0.2) is 38.2 Å². The molecule has 0 atom stereocenters. The molecule has 150 valence electrons. The van der Waals surface area contributed by atoms with E-state index in [1.54, 1.807) is 44.6 Å². The first-order valence-corrected chi connectivity index (χ1v) is 9.50. The normalized spacial score (nSPS) is 10.2. The summed E-state index contributed by atoms with van der Waals surface area (Å²) in [6.45, 7) is 0. The Hall–Kier alpha value is -3.59. The van der Waals surface area contributed by atoms with E-state index in [-0.39, 0.29) is 11.9 Å². The number of hydrogen-bond acceptors (Lipinski definition) is 6. The van der Waals surface area contributed by atoms with Gasteiger partial charge in [-0.1, -0.05) is 0 Å². The first-order chi connectivity index (χ1) is 14.0. The van der Waals surface area contributed by atoms with Gasteiger partial charge >= 0.3 is 6.03 Å². The number of benzene rings is 2. The fraction of sp³-hybridized carbons (Fsp3) is 0.150. The molecule has 8 nitrogen and oxygen atoms in total. The van der Waals surface area contributed by atoms with E-state index >= 15 is 0 Å². The van der Waals surface area contributed by atoms with Crippen LogP contribution in [0.2, 0.25) is 0 Å². The number of amides is 3. The Morgan fingerprint density at radius 1 is 1.00 bits per heavy atom. The summed E-state index contributed by atoms with van der Waals surface area (Å²) in [7, 11) is 4.70. The molecule has 0 aliphatic heterocycles. The van der Waals surface area contributed by atoms with Crippen LogP contribution in [0.5, 0.6) is 11.5 Å². The van der Waals surface area contributed by atoms with Gasteiger partial charge in [0.1, 0.15) is 11.5 Å². The molecule has 0 unspecified atom stereocenters. The van der Waals surface area contributed by atoms with Gasteiger partial charge in [0, 0.05) is 35.3 Å². The Labute approximate surface area is 171 Å². The van der Waals surface area contributed by atoms with Gasteiger partial charge in [0.25, 0.3) is 5.91 Å². The van der Waals surface area contributed by atoms with Gasteiger partial charge in [-0.3, -0.25) is 10.1 Å². The number of nitrogens with zero attached hydrogens (tertiary/aromatic N) is 1. The van der Waals surface area contributed by atoms with Crippen LogP contribution >= 0.6 is 11.3 Å². The van der Waals surface area contributed by atoms with E-state index in [2.05, 4.69) is 20.9 Å². The topological polar surface area (TPSA) is 102 Å².